The quantitative estimate of drug-likeness (QED) is 0.426. The van der Waals surface area contributed by atoms with Gasteiger partial charge in [0.1, 0.15) is 11.6 Å². The summed E-state index contributed by atoms with van der Waals surface area (Å²) in [6.07, 6.45) is 3.56. The average molecular weight is 418 g/mol. The Morgan fingerprint density at radius 1 is 1.03 bits per heavy atom. The van der Waals surface area contributed by atoms with Crippen molar-refractivity contribution in [2.24, 2.45) is 5.92 Å². The molecule has 0 atom stereocenters. The van der Waals surface area contributed by atoms with Gasteiger partial charge in [0.15, 0.2) is 11.6 Å². The Balaban J connectivity index is 1.58. The van der Waals surface area contributed by atoms with E-state index in [9.17, 15) is 4.79 Å². The lowest BCUT2D eigenvalue weighted by atomic mass is 10.1. The first-order chi connectivity index (χ1) is 15.1. The third-order valence-corrected chi connectivity index (χ3v) is 4.86. The molecule has 0 spiro atoms. The maximum absolute atomic E-state index is 12.4. The molecule has 1 amide bonds. The molecule has 0 fully saturated rings. The van der Waals surface area contributed by atoms with E-state index in [0.29, 0.717) is 37.0 Å². The molecule has 160 valence electrons. The molecule has 0 aliphatic carbocycles. The van der Waals surface area contributed by atoms with Crippen LogP contribution in [0, 0.1) is 5.92 Å². The zero-order valence-electron chi connectivity index (χ0n) is 17.7. The van der Waals surface area contributed by atoms with Crippen LogP contribution in [0.1, 0.15) is 26.0 Å². The Morgan fingerprint density at radius 3 is 2.58 bits per heavy atom. The molecule has 0 unspecified atom stereocenters. The fraction of sp³-hybridized carbons (Fsp3) is 0.292. The number of hydrogen-bond acceptors (Lipinski definition) is 6. The van der Waals surface area contributed by atoms with E-state index < -0.39 is 0 Å². The van der Waals surface area contributed by atoms with E-state index in [0.717, 1.165) is 29.0 Å². The van der Waals surface area contributed by atoms with Crippen LogP contribution in [0.2, 0.25) is 0 Å². The van der Waals surface area contributed by atoms with E-state index >= 15 is 0 Å². The van der Waals surface area contributed by atoms with Gasteiger partial charge in [-0.2, -0.15) is 0 Å². The first-order valence-corrected chi connectivity index (χ1v) is 10.4. The molecule has 4 aromatic rings. The molecule has 1 N–H and O–H groups in total. The van der Waals surface area contributed by atoms with Crippen LogP contribution in [0.3, 0.4) is 0 Å². The number of carbonyl (C=O) groups is 1. The van der Waals surface area contributed by atoms with Crippen LogP contribution in [-0.2, 0) is 11.3 Å². The first kappa shape index (κ1) is 20.7. The van der Waals surface area contributed by atoms with Gasteiger partial charge in [0, 0.05) is 24.9 Å². The Bertz CT molecular complexity index is 1120. The van der Waals surface area contributed by atoms with E-state index in [1.165, 1.54) is 0 Å². The summed E-state index contributed by atoms with van der Waals surface area (Å²) in [7, 11) is 0. The van der Waals surface area contributed by atoms with E-state index in [4.69, 9.17) is 13.8 Å². The van der Waals surface area contributed by atoms with Crippen molar-refractivity contribution in [3.05, 3.63) is 66.8 Å². The average Bonchev–Trinajstić information content (AvgIpc) is 3.48. The molecule has 0 saturated heterocycles. The zero-order valence-corrected chi connectivity index (χ0v) is 17.7. The standard InChI is InChI=1S/C24H26N4O3/c1-17(2)16-28(12-11-22(29)25-15-18-7-5-13-30-18)24-19-8-3-4-9-20(19)26-23(27-24)21-10-6-14-31-21/h3-10,13-14,17H,11-12,15-16H2,1-2H3,(H,25,29). The van der Waals surface area contributed by atoms with E-state index in [1.54, 1.807) is 12.5 Å². The van der Waals surface area contributed by atoms with Gasteiger partial charge in [-0.15, -0.1) is 0 Å². The maximum Gasteiger partial charge on any atom is 0.222 e. The highest BCUT2D eigenvalue weighted by Crippen LogP contribution is 2.28. The number of rotatable bonds is 9. The molecule has 0 saturated carbocycles. The third-order valence-electron chi connectivity index (χ3n) is 4.86. The summed E-state index contributed by atoms with van der Waals surface area (Å²) in [5.74, 6) is 3.06. The molecule has 0 bridgehead atoms. The minimum Gasteiger partial charge on any atom is -0.467 e. The van der Waals surface area contributed by atoms with Crippen molar-refractivity contribution in [3.8, 4) is 11.6 Å². The summed E-state index contributed by atoms with van der Waals surface area (Å²) >= 11 is 0. The lowest BCUT2D eigenvalue weighted by molar-refractivity contribution is -0.121. The maximum atomic E-state index is 12.4. The highest BCUT2D eigenvalue weighted by Gasteiger charge is 2.18. The van der Waals surface area contributed by atoms with Gasteiger partial charge in [0.2, 0.25) is 5.91 Å². The number of benzene rings is 1. The zero-order chi connectivity index (χ0) is 21.6. The number of hydrogen-bond donors (Lipinski definition) is 1. The van der Waals surface area contributed by atoms with Crippen molar-refractivity contribution in [3.63, 3.8) is 0 Å². The number of furan rings is 2. The largest absolute Gasteiger partial charge is 0.467 e. The number of fused-ring (bicyclic) bond motifs is 1. The van der Waals surface area contributed by atoms with Crippen LogP contribution < -0.4 is 10.2 Å². The number of carbonyl (C=O) groups excluding carboxylic acids is 1. The molecule has 7 heteroatoms. The smallest absolute Gasteiger partial charge is 0.222 e. The fourth-order valence-corrected chi connectivity index (χ4v) is 3.47. The fourth-order valence-electron chi connectivity index (χ4n) is 3.47. The molecule has 3 aromatic heterocycles. The summed E-state index contributed by atoms with van der Waals surface area (Å²) in [5.41, 5.74) is 0.843. The first-order valence-electron chi connectivity index (χ1n) is 10.4. The molecule has 31 heavy (non-hydrogen) atoms. The van der Waals surface area contributed by atoms with Gasteiger partial charge in [0.05, 0.1) is 24.6 Å². The normalized spacial score (nSPS) is 11.2. The van der Waals surface area contributed by atoms with Gasteiger partial charge in [-0.25, -0.2) is 9.97 Å². The Morgan fingerprint density at radius 2 is 1.84 bits per heavy atom. The number of anilines is 1. The minimum absolute atomic E-state index is 0.0326. The Hall–Kier alpha value is -3.61. The van der Waals surface area contributed by atoms with Crippen molar-refractivity contribution in [1.29, 1.82) is 0 Å². The van der Waals surface area contributed by atoms with Gasteiger partial charge in [0.25, 0.3) is 0 Å². The molecule has 3 heterocycles. The lowest BCUT2D eigenvalue weighted by Crippen LogP contribution is -2.33. The number of nitrogens with zero attached hydrogens (tertiary/aromatic N) is 3. The predicted octanol–water partition coefficient (Wildman–Crippen LogP) is 4.65. The minimum atomic E-state index is -0.0326. The van der Waals surface area contributed by atoms with Gasteiger partial charge < -0.3 is 19.1 Å². The molecule has 0 radical (unpaired) electrons. The Kier molecular flexibility index (Phi) is 6.31. The van der Waals surface area contributed by atoms with Crippen molar-refractivity contribution in [1.82, 2.24) is 15.3 Å². The van der Waals surface area contributed by atoms with Crippen LogP contribution in [0.15, 0.2) is 69.9 Å². The summed E-state index contributed by atoms with van der Waals surface area (Å²) in [6, 6.07) is 15.2. The van der Waals surface area contributed by atoms with Crippen molar-refractivity contribution in [2.75, 3.05) is 18.0 Å². The van der Waals surface area contributed by atoms with E-state index in [1.807, 2.05) is 48.5 Å². The van der Waals surface area contributed by atoms with Crippen molar-refractivity contribution < 1.29 is 13.6 Å². The van der Waals surface area contributed by atoms with Crippen molar-refractivity contribution in [2.45, 2.75) is 26.8 Å². The molecular weight excluding hydrogens is 392 g/mol. The monoisotopic (exact) mass is 418 g/mol. The van der Waals surface area contributed by atoms with Crippen LogP contribution in [0.4, 0.5) is 5.82 Å². The Labute approximate surface area is 181 Å². The molecule has 0 aliphatic heterocycles. The second-order valence-corrected chi connectivity index (χ2v) is 7.81. The van der Waals surface area contributed by atoms with Gasteiger partial charge in [-0.05, 0) is 42.3 Å². The van der Waals surface area contributed by atoms with Crippen LogP contribution in [-0.4, -0.2) is 29.0 Å². The molecule has 7 nitrogen and oxygen atoms in total. The van der Waals surface area contributed by atoms with E-state index in [-0.39, 0.29) is 5.91 Å². The van der Waals surface area contributed by atoms with Crippen LogP contribution in [0.25, 0.3) is 22.5 Å². The molecule has 0 aliphatic rings. The SMILES string of the molecule is CC(C)CN(CCC(=O)NCc1ccco1)c1nc(-c2ccco2)nc2ccccc12. The van der Waals surface area contributed by atoms with Crippen LogP contribution >= 0.6 is 0 Å². The number of amides is 1. The number of para-hydroxylation sites is 1. The molecule has 1 aromatic carbocycles. The van der Waals surface area contributed by atoms with Gasteiger partial charge in [-0.1, -0.05) is 26.0 Å². The second-order valence-electron chi connectivity index (χ2n) is 7.81. The third kappa shape index (κ3) is 5.12. The summed E-state index contributed by atoms with van der Waals surface area (Å²) in [5, 5.41) is 3.86. The summed E-state index contributed by atoms with van der Waals surface area (Å²) in [6.45, 7) is 6.00. The summed E-state index contributed by atoms with van der Waals surface area (Å²) < 4.78 is 10.8. The van der Waals surface area contributed by atoms with Crippen LogP contribution in [0.5, 0.6) is 0 Å². The second kappa shape index (κ2) is 9.47. The topological polar surface area (TPSA) is 84.4 Å². The molecule has 4 rings (SSSR count). The van der Waals surface area contributed by atoms with Gasteiger partial charge >= 0.3 is 0 Å². The van der Waals surface area contributed by atoms with Gasteiger partial charge in [-0.3, -0.25) is 4.79 Å². The highest BCUT2D eigenvalue weighted by atomic mass is 16.3. The number of nitrogens with one attached hydrogen (secondary N) is 1. The number of aromatic nitrogens is 2. The summed E-state index contributed by atoms with van der Waals surface area (Å²) in [4.78, 5) is 24.1. The highest BCUT2D eigenvalue weighted by molar-refractivity contribution is 5.91. The van der Waals surface area contributed by atoms with E-state index in [2.05, 4.69) is 29.0 Å². The predicted molar refractivity (Wildman–Crippen MR) is 119 cm³/mol. The molecular formula is C24H26N4O3. The lowest BCUT2D eigenvalue weighted by Gasteiger charge is -2.27. The van der Waals surface area contributed by atoms with Crippen molar-refractivity contribution >= 4 is 22.6 Å².